The second kappa shape index (κ2) is 12.3. The summed E-state index contributed by atoms with van der Waals surface area (Å²) in [5, 5.41) is 0. The Morgan fingerprint density at radius 3 is 1.89 bits per heavy atom. The van der Waals surface area contributed by atoms with Crippen molar-refractivity contribution in [2.45, 2.75) is 57.8 Å². The number of methoxy groups -OCH3 is 3. The van der Waals surface area contributed by atoms with Crippen LogP contribution in [0, 0.1) is 0 Å². The normalized spacial score (nSPS) is 12.0. The SMILES string of the molecule is CCCCCCCCSCCC(OC)(OC)OC. The van der Waals surface area contributed by atoms with Gasteiger partial charge in [-0.1, -0.05) is 39.0 Å². The molecule has 4 heteroatoms. The van der Waals surface area contributed by atoms with Crippen LogP contribution in [0.15, 0.2) is 0 Å². The van der Waals surface area contributed by atoms with Crippen molar-refractivity contribution in [3.8, 4) is 0 Å². The van der Waals surface area contributed by atoms with Crippen molar-refractivity contribution in [2.24, 2.45) is 0 Å². The van der Waals surface area contributed by atoms with Crippen LogP contribution >= 0.6 is 11.8 Å². The molecule has 0 saturated carbocycles. The minimum Gasteiger partial charge on any atom is -0.331 e. The van der Waals surface area contributed by atoms with E-state index in [-0.39, 0.29) is 0 Å². The summed E-state index contributed by atoms with van der Waals surface area (Å²) >= 11 is 1.95. The van der Waals surface area contributed by atoms with Gasteiger partial charge in [-0.25, -0.2) is 0 Å². The summed E-state index contributed by atoms with van der Waals surface area (Å²) in [6, 6.07) is 0. The molecule has 110 valence electrons. The van der Waals surface area contributed by atoms with Crippen LogP contribution < -0.4 is 0 Å². The van der Waals surface area contributed by atoms with Gasteiger partial charge in [-0.2, -0.15) is 11.8 Å². The van der Waals surface area contributed by atoms with Crippen LogP contribution in [0.2, 0.25) is 0 Å². The van der Waals surface area contributed by atoms with Crippen LogP contribution in [0.1, 0.15) is 51.9 Å². The number of hydrogen-bond donors (Lipinski definition) is 0. The standard InChI is InChI=1S/C14H30O3S/c1-5-6-7-8-9-10-12-18-13-11-14(15-2,16-3)17-4/h5-13H2,1-4H3. The Hall–Kier alpha value is 0.230. The van der Waals surface area contributed by atoms with E-state index in [0.29, 0.717) is 0 Å². The molecule has 0 radical (unpaired) electrons. The first kappa shape index (κ1) is 18.2. The van der Waals surface area contributed by atoms with Gasteiger partial charge >= 0.3 is 0 Å². The van der Waals surface area contributed by atoms with E-state index < -0.39 is 5.97 Å². The zero-order valence-electron chi connectivity index (χ0n) is 12.5. The number of ether oxygens (including phenoxy) is 3. The van der Waals surface area contributed by atoms with E-state index in [0.717, 1.165) is 12.2 Å². The molecule has 0 aromatic rings. The average molecular weight is 278 g/mol. The molecule has 0 aromatic carbocycles. The van der Waals surface area contributed by atoms with Crippen LogP contribution in [0.3, 0.4) is 0 Å². The molecule has 0 heterocycles. The minimum absolute atomic E-state index is 0.761. The lowest BCUT2D eigenvalue weighted by atomic mass is 10.1. The van der Waals surface area contributed by atoms with Crippen LogP contribution in [-0.2, 0) is 14.2 Å². The maximum absolute atomic E-state index is 5.25. The fourth-order valence-electron chi connectivity index (χ4n) is 1.84. The van der Waals surface area contributed by atoms with Crippen molar-refractivity contribution in [3.05, 3.63) is 0 Å². The molecule has 0 fully saturated rings. The van der Waals surface area contributed by atoms with Gasteiger partial charge in [-0.3, -0.25) is 0 Å². The topological polar surface area (TPSA) is 27.7 Å². The maximum atomic E-state index is 5.25. The Kier molecular flexibility index (Phi) is 12.4. The third-order valence-corrected chi connectivity index (χ3v) is 4.20. The van der Waals surface area contributed by atoms with E-state index in [4.69, 9.17) is 14.2 Å². The molecule has 0 aromatic heterocycles. The Labute approximate surface area is 117 Å². The molecular weight excluding hydrogens is 248 g/mol. The van der Waals surface area contributed by atoms with Crippen molar-refractivity contribution >= 4 is 11.8 Å². The fourth-order valence-corrected chi connectivity index (χ4v) is 2.85. The molecule has 0 unspecified atom stereocenters. The van der Waals surface area contributed by atoms with Gasteiger partial charge in [0.15, 0.2) is 0 Å². The lowest BCUT2D eigenvalue weighted by Gasteiger charge is -2.28. The molecular formula is C14H30O3S. The molecule has 0 atom stereocenters. The van der Waals surface area contributed by atoms with Gasteiger partial charge in [0, 0.05) is 33.5 Å². The van der Waals surface area contributed by atoms with Gasteiger partial charge in [-0.05, 0) is 12.2 Å². The van der Waals surface area contributed by atoms with Gasteiger partial charge in [0.1, 0.15) is 0 Å². The van der Waals surface area contributed by atoms with E-state index in [9.17, 15) is 0 Å². The van der Waals surface area contributed by atoms with E-state index in [2.05, 4.69) is 6.92 Å². The fraction of sp³-hybridized carbons (Fsp3) is 1.00. The first-order valence-corrected chi connectivity index (χ1v) is 8.13. The first-order valence-electron chi connectivity index (χ1n) is 6.98. The molecule has 0 saturated heterocycles. The summed E-state index contributed by atoms with van der Waals surface area (Å²) in [7, 11) is 4.85. The van der Waals surface area contributed by atoms with Crippen LogP contribution in [0.4, 0.5) is 0 Å². The molecule has 0 N–H and O–H groups in total. The zero-order chi connectivity index (χ0) is 13.7. The number of unbranched alkanes of at least 4 members (excludes halogenated alkanes) is 5. The third-order valence-electron chi connectivity index (χ3n) is 3.13. The van der Waals surface area contributed by atoms with Gasteiger partial charge in [0.2, 0.25) is 0 Å². The van der Waals surface area contributed by atoms with Gasteiger partial charge in [0.05, 0.1) is 0 Å². The summed E-state index contributed by atoms with van der Waals surface area (Å²) < 4.78 is 15.8. The summed E-state index contributed by atoms with van der Waals surface area (Å²) in [6.45, 7) is 2.25. The van der Waals surface area contributed by atoms with E-state index >= 15 is 0 Å². The molecule has 18 heavy (non-hydrogen) atoms. The highest BCUT2D eigenvalue weighted by molar-refractivity contribution is 7.99. The molecule has 0 amide bonds. The molecule has 0 aliphatic heterocycles. The maximum Gasteiger partial charge on any atom is 0.282 e. The Bertz CT molecular complexity index is 164. The van der Waals surface area contributed by atoms with E-state index in [1.807, 2.05) is 11.8 Å². The summed E-state index contributed by atoms with van der Waals surface area (Å²) in [4.78, 5) is 0. The summed E-state index contributed by atoms with van der Waals surface area (Å²) in [5.74, 6) is 1.37. The van der Waals surface area contributed by atoms with Crippen LogP contribution in [0.25, 0.3) is 0 Å². The van der Waals surface area contributed by atoms with Crippen molar-refractivity contribution < 1.29 is 14.2 Å². The molecule has 0 rings (SSSR count). The number of hydrogen-bond acceptors (Lipinski definition) is 4. The Morgan fingerprint density at radius 2 is 1.33 bits per heavy atom. The van der Waals surface area contributed by atoms with Crippen LogP contribution in [0.5, 0.6) is 0 Å². The number of thioether (sulfide) groups is 1. The second-order valence-electron chi connectivity index (χ2n) is 4.43. The Morgan fingerprint density at radius 1 is 0.778 bits per heavy atom. The van der Waals surface area contributed by atoms with Crippen LogP contribution in [-0.4, -0.2) is 38.8 Å². The average Bonchev–Trinajstić information content (AvgIpc) is 2.42. The minimum atomic E-state index is -0.853. The molecule has 0 bridgehead atoms. The highest BCUT2D eigenvalue weighted by atomic mass is 32.2. The van der Waals surface area contributed by atoms with Gasteiger partial charge in [0.25, 0.3) is 5.97 Å². The van der Waals surface area contributed by atoms with Crippen molar-refractivity contribution in [1.29, 1.82) is 0 Å². The third kappa shape index (κ3) is 8.35. The zero-order valence-corrected chi connectivity index (χ0v) is 13.3. The first-order chi connectivity index (χ1) is 8.74. The monoisotopic (exact) mass is 278 g/mol. The predicted molar refractivity (Wildman–Crippen MR) is 79.1 cm³/mol. The van der Waals surface area contributed by atoms with Crippen molar-refractivity contribution in [1.82, 2.24) is 0 Å². The quantitative estimate of drug-likeness (QED) is 0.375. The summed E-state index contributed by atoms with van der Waals surface area (Å²) in [5.41, 5.74) is 0. The number of rotatable bonds is 13. The summed E-state index contributed by atoms with van der Waals surface area (Å²) in [6.07, 6.45) is 8.91. The predicted octanol–water partition coefficient (Wildman–Crippen LogP) is 4.06. The molecule has 3 nitrogen and oxygen atoms in total. The van der Waals surface area contributed by atoms with Crippen molar-refractivity contribution in [2.75, 3.05) is 32.8 Å². The Balaban J connectivity index is 3.38. The molecule has 0 aliphatic carbocycles. The van der Waals surface area contributed by atoms with Gasteiger partial charge in [-0.15, -0.1) is 0 Å². The lowest BCUT2D eigenvalue weighted by molar-refractivity contribution is -0.352. The highest BCUT2D eigenvalue weighted by Crippen LogP contribution is 2.20. The second-order valence-corrected chi connectivity index (χ2v) is 5.65. The van der Waals surface area contributed by atoms with E-state index in [1.165, 1.54) is 44.3 Å². The highest BCUT2D eigenvalue weighted by Gasteiger charge is 2.28. The molecule has 0 spiro atoms. The van der Waals surface area contributed by atoms with E-state index in [1.54, 1.807) is 21.3 Å². The lowest BCUT2D eigenvalue weighted by Crippen LogP contribution is -2.36. The van der Waals surface area contributed by atoms with Crippen molar-refractivity contribution in [3.63, 3.8) is 0 Å². The smallest absolute Gasteiger partial charge is 0.282 e. The molecule has 0 aliphatic rings. The largest absolute Gasteiger partial charge is 0.331 e. The van der Waals surface area contributed by atoms with Gasteiger partial charge < -0.3 is 14.2 Å².